The fourth-order valence-electron chi connectivity index (χ4n) is 1.69. The van der Waals surface area contributed by atoms with Gasteiger partial charge >= 0.3 is 0 Å². The van der Waals surface area contributed by atoms with Crippen molar-refractivity contribution in [1.82, 2.24) is 4.98 Å². The summed E-state index contributed by atoms with van der Waals surface area (Å²) < 4.78 is 6.43. The van der Waals surface area contributed by atoms with Crippen LogP contribution in [0.25, 0.3) is 11.1 Å². The Bertz CT molecular complexity index is 740. The number of fused-ring (bicyclic) bond motifs is 1. The van der Waals surface area contributed by atoms with Gasteiger partial charge in [-0.05, 0) is 30.3 Å². The lowest BCUT2D eigenvalue weighted by Crippen LogP contribution is -1.89. The first-order valence-electron chi connectivity index (χ1n) is 5.43. The number of oxazole rings is 1. The van der Waals surface area contributed by atoms with E-state index in [-0.39, 0.29) is 5.75 Å². The summed E-state index contributed by atoms with van der Waals surface area (Å²) >= 11 is 9.21. The SMILES string of the molecule is Oc1cc(Cl)cc2nc(Nc3ccc(Br)cc3)oc12. The first-order valence-corrected chi connectivity index (χ1v) is 6.60. The van der Waals surface area contributed by atoms with Crippen LogP contribution in [0, 0.1) is 0 Å². The second-order valence-corrected chi connectivity index (χ2v) is 5.28. The standard InChI is InChI=1S/C13H8BrClN2O2/c14-7-1-3-9(4-2-7)16-13-17-10-5-8(15)6-11(18)12(10)19-13/h1-6,18H,(H,16,17). The van der Waals surface area contributed by atoms with Gasteiger partial charge in [0.05, 0.1) is 0 Å². The van der Waals surface area contributed by atoms with E-state index in [1.54, 1.807) is 6.07 Å². The minimum atomic E-state index is -0.0288. The molecule has 2 N–H and O–H groups in total. The van der Waals surface area contributed by atoms with Crippen LogP contribution >= 0.6 is 27.5 Å². The van der Waals surface area contributed by atoms with Crippen molar-refractivity contribution < 1.29 is 9.52 Å². The van der Waals surface area contributed by atoms with Crippen LogP contribution in [0.2, 0.25) is 5.02 Å². The molecule has 0 saturated heterocycles. The topological polar surface area (TPSA) is 58.3 Å². The van der Waals surface area contributed by atoms with Crippen LogP contribution in [0.5, 0.6) is 5.75 Å². The molecule has 0 amide bonds. The summed E-state index contributed by atoms with van der Waals surface area (Å²) in [4.78, 5) is 4.22. The lowest BCUT2D eigenvalue weighted by atomic mass is 10.3. The number of nitrogens with zero attached hydrogens (tertiary/aromatic N) is 1. The highest BCUT2D eigenvalue weighted by molar-refractivity contribution is 9.10. The molecular formula is C13H8BrClN2O2. The number of anilines is 2. The molecule has 3 rings (SSSR count). The molecule has 1 aromatic heterocycles. The van der Waals surface area contributed by atoms with Crippen molar-refractivity contribution in [3.05, 3.63) is 45.9 Å². The summed E-state index contributed by atoms with van der Waals surface area (Å²) in [5.41, 5.74) is 1.65. The summed E-state index contributed by atoms with van der Waals surface area (Å²) in [5, 5.41) is 13.1. The second kappa shape index (κ2) is 4.75. The normalized spacial score (nSPS) is 10.8. The zero-order chi connectivity index (χ0) is 13.4. The molecule has 3 aromatic rings. The number of halogens is 2. The maximum Gasteiger partial charge on any atom is 0.300 e. The van der Waals surface area contributed by atoms with Gasteiger partial charge in [0.25, 0.3) is 6.01 Å². The van der Waals surface area contributed by atoms with Crippen LogP contribution in [-0.2, 0) is 0 Å². The molecule has 4 nitrogen and oxygen atoms in total. The van der Waals surface area contributed by atoms with Gasteiger partial charge < -0.3 is 14.8 Å². The molecule has 0 radical (unpaired) electrons. The van der Waals surface area contributed by atoms with Gasteiger partial charge in [-0.2, -0.15) is 4.98 Å². The molecule has 0 aliphatic rings. The van der Waals surface area contributed by atoms with Crippen LogP contribution in [0.3, 0.4) is 0 Å². The van der Waals surface area contributed by atoms with E-state index in [2.05, 4.69) is 26.2 Å². The quantitative estimate of drug-likeness (QED) is 0.711. The maximum atomic E-state index is 9.72. The first-order chi connectivity index (χ1) is 9.11. The van der Waals surface area contributed by atoms with Crippen molar-refractivity contribution in [2.45, 2.75) is 0 Å². The van der Waals surface area contributed by atoms with Gasteiger partial charge in [0.2, 0.25) is 0 Å². The van der Waals surface area contributed by atoms with E-state index < -0.39 is 0 Å². The van der Waals surface area contributed by atoms with Crippen LogP contribution in [-0.4, -0.2) is 10.1 Å². The molecule has 96 valence electrons. The van der Waals surface area contributed by atoms with Gasteiger partial charge in [0, 0.05) is 21.2 Å². The van der Waals surface area contributed by atoms with Gasteiger partial charge in [0.15, 0.2) is 11.3 Å². The Balaban J connectivity index is 1.97. The molecule has 0 aliphatic heterocycles. The lowest BCUT2D eigenvalue weighted by molar-refractivity contribution is 0.466. The first kappa shape index (κ1) is 12.3. The maximum absolute atomic E-state index is 9.72. The summed E-state index contributed by atoms with van der Waals surface area (Å²) in [6, 6.07) is 10.9. The zero-order valence-electron chi connectivity index (χ0n) is 9.52. The number of phenols is 1. The number of hydrogen-bond donors (Lipinski definition) is 2. The minimum absolute atomic E-state index is 0.0288. The minimum Gasteiger partial charge on any atom is -0.504 e. The van der Waals surface area contributed by atoms with E-state index >= 15 is 0 Å². The number of nitrogens with one attached hydrogen (secondary N) is 1. The van der Waals surface area contributed by atoms with Crippen LogP contribution in [0.1, 0.15) is 0 Å². The van der Waals surface area contributed by atoms with E-state index in [1.165, 1.54) is 6.07 Å². The van der Waals surface area contributed by atoms with Crippen molar-refractivity contribution in [2.75, 3.05) is 5.32 Å². The number of rotatable bonds is 2. The summed E-state index contributed by atoms with van der Waals surface area (Å²) in [5.74, 6) is -0.0288. The molecule has 0 aliphatic carbocycles. The fourth-order valence-corrected chi connectivity index (χ4v) is 2.16. The van der Waals surface area contributed by atoms with E-state index in [1.807, 2.05) is 24.3 Å². The van der Waals surface area contributed by atoms with Crippen molar-refractivity contribution in [3.8, 4) is 5.75 Å². The van der Waals surface area contributed by atoms with Crippen molar-refractivity contribution >= 4 is 50.3 Å². The molecule has 6 heteroatoms. The molecule has 2 aromatic carbocycles. The number of benzene rings is 2. The largest absolute Gasteiger partial charge is 0.504 e. The zero-order valence-corrected chi connectivity index (χ0v) is 11.9. The Kier molecular flexibility index (Phi) is 3.08. The Morgan fingerprint density at radius 1 is 1.21 bits per heavy atom. The molecule has 0 fully saturated rings. The van der Waals surface area contributed by atoms with E-state index in [0.717, 1.165) is 10.2 Å². The number of aromatic nitrogens is 1. The highest BCUT2D eigenvalue weighted by Crippen LogP contribution is 2.31. The van der Waals surface area contributed by atoms with Gasteiger partial charge in [-0.25, -0.2) is 0 Å². The summed E-state index contributed by atoms with van der Waals surface area (Å²) in [6.45, 7) is 0. The number of aromatic hydroxyl groups is 1. The van der Waals surface area contributed by atoms with Crippen LogP contribution in [0.15, 0.2) is 45.3 Å². The van der Waals surface area contributed by atoms with E-state index in [0.29, 0.717) is 22.1 Å². The van der Waals surface area contributed by atoms with Gasteiger partial charge in [-0.1, -0.05) is 27.5 Å². The molecule has 0 unspecified atom stereocenters. The highest BCUT2D eigenvalue weighted by atomic mass is 79.9. The third-order valence-corrected chi connectivity index (χ3v) is 3.28. The summed E-state index contributed by atoms with van der Waals surface area (Å²) in [6.07, 6.45) is 0. The molecule has 0 saturated carbocycles. The predicted molar refractivity (Wildman–Crippen MR) is 78.1 cm³/mol. The Labute approximate surface area is 122 Å². The van der Waals surface area contributed by atoms with Crippen molar-refractivity contribution in [3.63, 3.8) is 0 Å². The fraction of sp³-hybridized carbons (Fsp3) is 0. The molecule has 1 heterocycles. The average Bonchev–Trinajstić information content (AvgIpc) is 2.75. The summed E-state index contributed by atoms with van der Waals surface area (Å²) in [7, 11) is 0. The monoisotopic (exact) mass is 338 g/mol. The number of hydrogen-bond acceptors (Lipinski definition) is 4. The van der Waals surface area contributed by atoms with E-state index in [9.17, 15) is 5.11 Å². The molecule has 0 spiro atoms. The molecule has 0 atom stereocenters. The predicted octanol–water partition coefficient (Wildman–Crippen LogP) is 4.69. The van der Waals surface area contributed by atoms with Crippen molar-refractivity contribution in [2.24, 2.45) is 0 Å². The Morgan fingerprint density at radius 3 is 2.68 bits per heavy atom. The number of phenolic OH excluding ortho intramolecular Hbond substituents is 1. The van der Waals surface area contributed by atoms with Crippen LogP contribution in [0.4, 0.5) is 11.7 Å². The third-order valence-electron chi connectivity index (χ3n) is 2.53. The average molecular weight is 340 g/mol. The Hall–Kier alpha value is -1.72. The van der Waals surface area contributed by atoms with Gasteiger partial charge in [0.1, 0.15) is 5.52 Å². The molecule has 19 heavy (non-hydrogen) atoms. The van der Waals surface area contributed by atoms with Crippen molar-refractivity contribution in [1.29, 1.82) is 0 Å². The third kappa shape index (κ3) is 2.52. The van der Waals surface area contributed by atoms with Gasteiger partial charge in [-0.15, -0.1) is 0 Å². The Morgan fingerprint density at radius 2 is 1.95 bits per heavy atom. The smallest absolute Gasteiger partial charge is 0.300 e. The highest BCUT2D eigenvalue weighted by Gasteiger charge is 2.11. The van der Waals surface area contributed by atoms with Gasteiger partial charge in [-0.3, -0.25) is 0 Å². The lowest BCUT2D eigenvalue weighted by Gasteiger charge is -2.00. The molecular weight excluding hydrogens is 332 g/mol. The van der Waals surface area contributed by atoms with E-state index in [4.69, 9.17) is 16.0 Å². The molecule has 0 bridgehead atoms. The van der Waals surface area contributed by atoms with Crippen LogP contribution < -0.4 is 5.32 Å². The second-order valence-electron chi connectivity index (χ2n) is 3.92.